The zero-order valence-electron chi connectivity index (χ0n) is 18.5. The molecule has 0 radical (unpaired) electrons. The molecule has 176 valence electrons. The van der Waals surface area contributed by atoms with Gasteiger partial charge in [-0.15, -0.1) is 11.3 Å². The summed E-state index contributed by atoms with van der Waals surface area (Å²) in [5, 5.41) is 20.5. The molecule has 0 spiro atoms. The number of aromatic hydroxyl groups is 1. The van der Waals surface area contributed by atoms with Gasteiger partial charge < -0.3 is 15.2 Å². The second-order valence-corrected chi connectivity index (χ2v) is 9.02. The number of fused-ring (bicyclic) bond motifs is 1. The van der Waals surface area contributed by atoms with Crippen molar-refractivity contribution in [3.05, 3.63) is 84.3 Å². The second kappa shape index (κ2) is 11.6. The maximum Gasteiger partial charge on any atom is 0.352 e. The van der Waals surface area contributed by atoms with Gasteiger partial charge in [-0.1, -0.05) is 25.1 Å². The van der Waals surface area contributed by atoms with Crippen molar-refractivity contribution in [1.29, 1.82) is 0 Å². The van der Waals surface area contributed by atoms with Gasteiger partial charge in [0.05, 0.1) is 0 Å². The molecule has 0 amide bonds. The van der Waals surface area contributed by atoms with Crippen molar-refractivity contribution in [3.8, 4) is 5.75 Å². The highest BCUT2D eigenvalue weighted by Crippen LogP contribution is 2.30. The topological polar surface area (TPSA) is 126 Å². The number of rotatable bonds is 7. The predicted octanol–water partition coefficient (Wildman–Crippen LogP) is 3.03. The maximum atomic E-state index is 10.5. The lowest BCUT2D eigenvalue weighted by atomic mass is 9.86. The monoisotopic (exact) mass is 471 g/mol. The van der Waals surface area contributed by atoms with Gasteiger partial charge >= 0.3 is 11.7 Å². The summed E-state index contributed by atoms with van der Waals surface area (Å²) in [7, 11) is 0. The van der Waals surface area contributed by atoms with Crippen molar-refractivity contribution >= 4 is 17.3 Å². The fourth-order valence-electron chi connectivity index (χ4n) is 4.14. The number of thiophene rings is 1. The molecular weight excluding hydrogens is 442 g/mol. The zero-order valence-corrected chi connectivity index (χ0v) is 19.4. The van der Waals surface area contributed by atoms with Gasteiger partial charge in [0.2, 0.25) is 0 Å². The molecule has 1 aliphatic rings. The zero-order chi connectivity index (χ0) is 23.8. The van der Waals surface area contributed by atoms with Crippen LogP contribution in [0.4, 0.5) is 0 Å². The fraction of sp³-hybridized carbons (Fsp3) is 0.375. The van der Waals surface area contributed by atoms with Crippen LogP contribution in [0, 0.1) is 0 Å². The molecule has 0 saturated carbocycles. The molecule has 1 atom stereocenters. The van der Waals surface area contributed by atoms with Gasteiger partial charge in [-0.05, 0) is 67.3 Å². The third-order valence-electron chi connectivity index (χ3n) is 5.67. The highest BCUT2D eigenvalue weighted by Gasteiger charge is 2.25. The van der Waals surface area contributed by atoms with E-state index in [1.54, 1.807) is 0 Å². The van der Waals surface area contributed by atoms with Crippen LogP contribution < -0.4 is 11.2 Å². The van der Waals surface area contributed by atoms with Crippen molar-refractivity contribution in [2.75, 3.05) is 13.1 Å². The highest BCUT2D eigenvalue weighted by atomic mass is 32.1. The van der Waals surface area contributed by atoms with E-state index < -0.39 is 22.9 Å². The highest BCUT2D eigenvalue weighted by molar-refractivity contribution is 7.09. The lowest BCUT2D eigenvalue weighted by Crippen LogP contribution is -2.41. The number of phenolic OH excluding ortho intramolecular Hbond substituents is 1. The second-order valence-electron chi connectivity index (χ2n) is 7.98. The summed E-state index contributed by atoms with van der Waals surface area (Å²) in [5.41, 5.74) is 0.543. The molecule has 0 unspecified atom stereocenters. The van der Waals surface area contributed by atoms with Crippen LogP contribution in [0.1, 0.15) is 46.3 Å². The molecule has 2 aromatic heterocycles. The molecule has 4 rings (SSSR count). The molecule has 0 bridgehead atoms. The fourth-order valence-corrected chi connectivity index (χ4v) is 4.83. The number of hydrogen-bond acceptors (Lipinski definition) is 6. The normalized spacial score (nSPS) is 14.9. The first kappa shape index (κ1) is 24.5. The first-order valence-corrected chi connectivity index (χ1v) is 11.9. The van der Waals surface area contributed by atoms with Crippen LogP contribution in [-0.4, -0.2) is 50.2 Å². The molecule has 3 aromatic rings. The third kappa shape index (κ3) is 6.90. The Morgan fingerprint density at radius 1 is 1.18 bits per heavy atom. The number of benzene rings is 1. The Labute approximate surface area is 195 Å². The molecule has 2 heterocycles. The summed E-state index contributed by atoms with van der Waals surface area (Å²) < 4.78 is 0. The Balaban J connectivity index is 0.000000235. The summed E-state index contributed by atoms with van der Waals surface area (Å²) in [6.45, 7) is 4.58. The molecule has 8 nitrogen and oxygen atoms in total. The van der Waals surface area contributed by atoms with E-state index in [1.807, 2.05) is 33.4 Å². The van der Waals surface area contributed by atoms with Crippen LogP contribution in [0.5, 0.6) is 5.75 Å². The Morgan fingerprint density at radius 3 is 2.67 bits per heavy atom. The minimum atomic E-state index is -1.34. The number of aromatic nitrogens is 2. The summed E-state index contributed by atoms with van der Waals surface area (Å²) in [4.78, 5) is 39.0. The predicted molar refractivity (Wildman–Crippen MR) is 128 cm³/mol. The maximum absolute atomic E-state index is 10.5. The van der Waals surface area contributed by atoms with Crippen molar-refractivity contribution in [3.63, 3.8) is 0 Å². The van der Waals surface area contributed by atoms with Gasteiger partial charge in [0, 0.05) is 23.5 Å². The number of aromatic amines is 2. The summed E-state index contributed by atoms with van der Waals surface area (Å²) in [5.74, 6) is -0.857. The van der Waals surface area contributed by atoms with E-state index >= 15 is 0 Å². The van der Waals surface area contributed by atoms with Gasteiger partial charge in [0.15, 0.2) is 0 Å². The Kier molecular flexibility index (Phi) is 8.62. The van der Waals surface area contributed by atoms with E-state index in [4.69, 9.17) is 5.11 Å². The summed E-state index contributed by atoms with van der Waals surface area (Å²) >= 11 is 1.86. The van der Waals surface area contributed by atoms with Crippen LogP contribution in [0.25, 0.3) is 0 Å². The number of aromatic carboxylic acids is 1. The molecule has 4 N–H and O–H groups in total. The lowest BCUT2D eigenvalue weighted by molar-refractivity contribution is 0.0689. The molecule has 1 aliphatic carbocycles. The molecule has 9 heteroatoms. The largest absolute Gasteiger partial charge is 0.508 e. The van der Waals surface area contributed by atoms with Gasteiger partial charge in [-0.2, -0.15) is 0 Å². The van der Waals surface area contributed by atoms with Crippen LogP contribution in [0.15, 0.2) is 51.4 Å². The third-order valence-corrected chi connectivity index (χ3v) is 6.61. The van der Waals surface area contributed by atoms with E-state index in [-0.39, 0.29) is 0 Å². The molecule has 0 saturated heterocycles. The number of hydrogen-bond donors (Lipinski definition) is 4. The molecule has 1 aromatic carbocycles. The standard InChI is InChI=1S/C19H25NOS.C5H4N2O4/c1-2-11-20(12-10-17-6-4-13-22-17)16-8-9-18-15(14-16)5-3-7-19(18)21;8-3-1-2(4(9)10)6-5(11)7-3/h3-7,13,16,21H,2,8-12,14H2,1H3;1H,(H,9,10)(H2,6,7,8,11)/t16-;/m0./s1. The van der Waals surface area contributed by atoms with E-state index in [1.165, 1.54) is 29.0 Å². The van der Waals surface area contributed by atoms with Gasteiger partial charge in [0.25, 0.3) is 5.56 Å². The van der Waals surface area contributed by atoms with E-state index in [2.05, 4.69) is 35.4 Å². The number of carboxylic acid groups (broad SMARTS) is 1. The van der Waals surface area contributed by atoms with Crippen molar-refractivity contribution < 1.29 is 15.0 Å². The lowest BCUT2D eigenvalue weighted by Gasteiger charge is -2.35. The van der Waals surface area contributed by atoms with Gasteiger partial charge in [-0.25, -0.2) is 9.59 Å². The number of nitrogens with zero attached hydrogens (tertiary/aromatic N) is 1. The molecular formula is C24H29N3O5S. The number of carboxylic acids is 1. The SMILES string of the molecule is CCCN(CCc1cccs1)[C@H]1CCc2c(O)cccc2C1.O=C(O)c1cc(=O)[nH]c(=O)[nH]1. The first-order chi connectivity index (χ1) is 15.9. The summed E-state index contributed by atoms with van der Waals surface area (Å²) in [6.07, 6.45) is 5.60. The average Bonchev–Trinajstić information content (AvgIpc) is 3.30. The van der Waals surface area contributed by atoms with Crippen LogP contribution in [-0.2, 0) is 19.3 Å². The molecule has 0 aliphatic heterocycles. The number of nitrogens with one attached hydrogen (secondary N) is 2. The van der Waals surface area contributed by atoms with Crippen molar-refractivity contribution in [2.24, 2.45) is 0 Å². The van der Waals surface area contributed by atoms with Crippen molar-refractivity contribution in [2.45, 2.75) is 45.1 Å². The quantitative estimate of drug-likeness (QED) is 0.420. The number of H-pyrrole nitrogens is 2. The Morgan fingerprint density at radius 2 is 2.00 bits per heavy atom. The van der Waals surface area contributed by atoms with E-state index in [9.17, 15) is 19.5 Å². The van der Waals surface area contributed by atoms with Crippen LogP contribution >= 0.6 is 11.3 Å². The van der Waals surface area contributed by atoms with E-state index in [0.717, 1.165) is 38.3 Å². The summed E-state index contributed by atoms with van der Waals surface area (Å²) in [6, 6.07) is 11.8. The minimum Gasteiger partial charge on any atom is -0.508 e. The Hall–Kier alpha value is -3.17. The molecule has 33 heavy (non-hydrogen) atoms. The number of phenols is 1. The first-order valence-electron chi connectivity index (χ1n) is 11.0. The van der Waals surface area contributed by atoms with Gasteiger partial charge in [-0.3, -0.25) is 14.7 Å². The van der Waals surface area contributed by atoms with Crippen LogP contribution in [0.3, 0.4) is 0 Å². The van der Waals surface area contributed by atoms with Crippen LogP contribution in [0.2, 0.25) is 0 Å². The van der Waals surface area contributed by atoms with E-state index in [0.29, 0.717) is 11.8 Å². The minimum absolute atomic E-state index is 0.418. The Bertz CT molecular complexity index is 1140. The molecule has 0 fully saturated rings. The smallest absolute Gasteiger partial charge is 0.352 e. The van der Waals surface area contributed by atoms with Crippen molar-refractivity contribution in [1.82, 2.24) is 14.9 Å². The number of carbonyl (C=O) groups is 1. The average molecular weight is 472 g/mol. The van der Waals surface area contributed by atoms with Gasteiger partial charge in [0.1, 0.15) is 11.4 Å².